The fraction of sp³-hybridized carbons (Fsp3) is 0.391. The SMILES string of the molecule is CCn1c(=NC(=O)c2ccc(S(=O)(=O)N3CCCCCC3)cc2)sc2c(Cl)ccc(C)c21. The molecule has 1 aromatic heterocycles. The van der Waals surface area contributed by atoms with E-state index in [2.05, 4.69) is 4.99 Å². The zero-order chi connectivity index (χ0) is 22.9. The van der Waals surface area contributed by atoms with E-state index in [0.29, 0.717) is 35.0 Å². The molecule has 9 heteroatoms. The summed E-state index contributed by atoms with van der Waals surface area (Å²) in [5.41, 5.74) is 2.40. The highest BCUT2D eigenvalue weighted by Crippen LogP contribution is 2.29. The lowest BCUT2D eigenvalue weighted by molar-refractivity contribution is 0.0997. The molecule has 0 unspecified atom stereocenters. The Morgan fingerprint density at radius 2 is 1.72 bits per heavy atom. The molecule has 0 spiro atoms. The number of carbonyl (C=O) groups is 1. The molecule has 170 valence electrons. The first-order valence-corrected chi connectivity index (χ1v) is 13.4. The van der Waals surface area contributed by atoms with Gasteiger partial charge in [0, 0.05) is 25.2 Å². The first-order valence-electron chi connectivity index (χ1n) is 10.8. The van der Waals surface area contributed by atoms with Crippen LogP contribution in [-0.2, 0) is 16.6 Å². The molecule has 1 saturated heterocycles. The summed E-state index contributed by atoms with van der Waals surface area (Å²) in [5, 5.41) is 0.634. The number of rotatable bonds is 4. The standard InChI is InChI=1S/C23H26ClN3O3S2/c1-3-27-20-16(2)8-13-19(24)21(20)31-23(27)25-22(28)17-9-11-18(12-10-17)32(29,30)26-14-6-4-5-7-15-26/h8-13H,3-7,14-15H2,1-2H3. The Hall–Kier alpha value is -2.00. The van der Waals surface area contributed by atoms with Crippen LogP contribution in [0.5, 0.6) is 0 Å². The van der Waals surface area contributed by atoms with Crippen LogP contribution in [0, 0.1) is 6.92 Å². The lowest BCUT2D eigenvalue weighted by atomic mass is 10.2. The third-order valence-electron chi connectivity index (χ3n) is 5.80. The number of benzene rings is 2. The molecule has 1 aliphatic heterocycles. The number of amides is 1. The van der Waals surface area contributed by atoms with Gasteiger partial charge in [-0.05, 0) is 62.6 Å². The summed E-state index contributed by atoms with van der Waals surface area (Å²) in [6, 6.07) is 9.89. The molecule has 3 aromatic rings. The Balaban J connectivity index is 1.66. The lowest BCUT2D eigenvalue weighted by Crippen LogP contribution is -2.31. The van der Waals surface area contributed by atoms with E-state index < -0.39 is 15.9 Å². The van der Waals surface area contributed by atoms with Gasteiger partial charge in [-0.2, -0.15) is 9.30 Å². The fourth-order valence-corrected chi connectivity index (χ4v) is 7.01. The van der Waals surface area contributed by atoms with Crippen molar-refractivity contribution in [2.45, 2.75) is 51.0 Å². The van der Waals surface area contributed by atoms with E-state index in [4.69, 9.17) is 11.6 Å². The fourth-order valence-electron chi connectivity index (χ4n) is 4.05. The molecule has 1 fully saturated rings. The van der Waals surface area contributed by atoms with E-state index in [0.717, 1.165) is 41.5 Å². The van der Waals surface area contributed by atoms with Gasteiger partial charge in [-0.15, -0.1) is 0 Å². The van der Waals surface area contributed by atoms with Crippen molar-refractivity contribution in [3.05, 3.63) is 57.3 Å². The number of hydrogen-bond acceptors (Lipinski definition) is 4. The van der Waals surface area contributed by atoms with Gasteiger partial charge in [-0.3, -0.25) is 4.79 Å². The Morgan fingerprint density at radius 1 is 1.06 bits per heavy atom. The van der Waals surface area contributed by atoms with Crippen LogP contribution in [0.25, 0.3) is 10.2 Å². The van der Waals surface area contributed by atoms with Crippen molar-refractivity contribution in [1.82, 2.24) is 8.87 Å². The van der Waals surface area contributed by atoms with Crippen molar-refractivity contribution in [1.29, 1.82) is 0 Å². The molecule has 4 rings (SSSR count). The number of nitrogens with zero attached hydrogens (tertiary/aromatic N) is 3. The second kappa shape index (κ2) is 9.47. The second-order valence-electron chi connectivity index (χ2n) is 7.93. The van der Waals surface area contributed by atoms with Gasteiger partial charge in [0.25, 0.3) is 5.91 Å². The van der Waals surface area contributed by atoms with Crippen molar-refractivity contribution in [2.75, 3.05) is 13.1 Å². The number of hydrogen-bond donors (Lipinski definition) is 0. The number of fused-ring (bicyclic) bond motifs is 1. The molecule has 6 nitrogen and oxygen atoms in total. The quantitative estimate of drug-likeness (QED) is 0.516. The number of aromatic nitrogens is 1. The number of aryl methyl sites for hydroxylation is 2. The minimum Gasteiger partial charge on any atom is -0.316 e. The zero-order valence-electron chi connectivity index (χ0n) is 18.2. The molecule has 0 N–H and O–H groups in total. The molecule has 1 aliphatic rings. The third kappa shape index (κ3) is 4.41. The Labute approximate surface area is 197 Å². The highest BCUT2D eigenvalue weighted by Gasteiger charge is 2.25. The molecule has 0 aliphatic carbocycles. The van der Waals surface area contributed by atoms with E-state index in [1.54, 1.807) is 16.4 Å². The molecule has 0 saturated carbocycles. The van der Waals surface area contributed by atoms with E-state index in [-0.39, 0.29) is 4.90 Å². The summed E-state index contributed by atoms with van der Waals surface area (Å²) in [6.45, 7) is 5.75. The van der Waals surface area contributed by atoms with Crippen molar-refractivity contribution in [3.8, 4) is 0 Å². The maximum atomic E-state index is 13.0. The molecule has 32 heavy (non-hydrogen) atoms. The van der Waals surface area contributed by atoms with Gasteiger partial charge in [0.05, 0.1) is 20.1 Å². The molecule has 2 aromatic carbocycles. The van der Waals surface area contributed by atoms with Crippen LogP contribution in [0.3, 0.4) is 0 Å². The monoisotopic (exact) mass is 491 g/mol. The van der Waals surface area contributed by atoms with Crippen molar-refractivity contribution in [2.24, 2.45) is 4.99 Å². The molecule has 2 heterocycles. The summed E-state index contributed by atoms with van der Waals surface area (Å²) in [5.74, 6) is -0.411. The largest absolute Gasteiger partial charge is 0.316 e. The number of sulfonamides is 1. The zero-order valence-corrected chi connectivity index (χ0v) is 20.6. The lowest BCUT2D eigenvalue weighted by Gasteiger charge is -2.19. The van der Waals surface area contributed by atoms with Gasteiger partial charge in [0.2, 0.25) is 10.0 Å². The van der Waals surface area contributed by atoms with Gasteiger partial charge in [-0.25, -0.2) is 8.42 Å². The molecule has 0 bridgehead atoms. The van der Waals surface area contributed by atoms with Gasteiger partial charge in [-0.1, -0.05) is 41.8 Å². The van der Waals surface area contributed by atoms with Crippen molar-refractivity contribution >= 4 is 49.1 Å². The summed E-state index contributed by atoms with van der Waals surface area (Å²) >= 11 is 7.75. The number of thiazole rings is 1. The maximum absolute atomic E-state index is 13.0. The van der Waals surface area contributed by atoms with Crippen LogP contribution in [0.4, 0.5) is 0 Å². The van der Waals surface area contributed by atoms with E-state index in [1.165, 1.54) is 23.5 Å². The molecule has 0 atom stereocenters. The summed E-state index contributed by atoms with van der Waals surface area (Å²) in [4.78, 5) is 18.0. The summed E-state index contributed by atoms with van der Waals surface area (Å²) in [6.07, 6.45) is 3.87. The first-order chi connectivity index (χ1) is 15.3. The third-order valence-corrected chi connectivity index (χ3v) is 9.25. The van der Waals surface area contributed by atoms with Crippen molar-refractivity contribution < 1.29 is 13.2 Å². The molecule has 0 radical (unpaired) electrons. The highest BCUT2D eigenvalue weighted by atomic mass is 35.5. The topological polar surface area (TPSA) is 71.7 Å². The predicted molar refractivity (Wildman–Crippen MR) is 129 cm³/mol. The van der Waals surface area contributed by atoms with Crippen LogP contribution in [0.1, 0.15) is 48.5 Å². The van der Waals surface area contributed by atoms with Gasteiger partial charge < -0.3 is 4.57 Å². The van der Waals surface area contributed by atoms with E-state index in [9.17, 15) is 13.2 Å². The van der Waals surface area contributed by atoms with Gasteiger partial charge in [0.1, 0.15) is 0 Å². The van der Waals surface area contributed by atoms with Crippen LogP contribution >= 0.6 is 22.9 Å². The van der Waals surface area contributed by atoms with Crippen LogP contribution < -0.4 is 4.80 Å². The second-order valence-corrected chi connectivity index (χ2v) is 11.3. The van der Waals surface area contributed by atoms with Crippen LogP contribution in [0.15, 0.2) is 46.3 Å². The van der Waals surface area contributed by atoms with Gasteiger partial charge in [0.15, 0.2) is 4.80 Å². The molecular formula is C23H26ClN3O3S2. The van der Waals surface area contributed by atoms with E-state index >= 15 is 0 Å². The Kier molecular flexibility index (Phi) is 6.86. The van der Waals surface area contributed by atoms with Gasteiger partial charge >= 0.3 is 0 Å². The predicted octanol–water partition coefficient (Wildman–Crippen LogP) is 4.99. The first kappa shape index (κ1) is 23.2. The minimum absolute atomic E-state index is 0.212. The summed E-state index contributed by atoms with van der Waals surface area (Å²) in [7, 11) is -3.55. The normalized spacial score (nSPS) is 16.4. The van der Waals surface area contributed by atoms with Crippen LogP contribution in [-0.4, -0.2) is 36.3 Å². The maximum Gasteiger partial charge on any atom is 0.279 e. The highest BCUT2D eigenvalue weighted by molar-refractivity contribution is 7.89. The van der Waals surface area contributed by atoms with E-state index in [1.807, 2.05) is 30.5 Å². The Morgan fingerprint density at radius 3 is 2.34 bits per heavy atom. The number of carbonyl (C=O) groups excluding carboxylic acids is 1. The minimum atomic E-state index is -3.55. The average Bonchev–Trinajstić information content (AvgIpc) is 2.95. The average molecular weight is 492 g/mol. The Bertz CT molecular complexity index is 1320. The van der Waals surface area contributed by atoms with Crippen LogP contribution in [0.2, 0.25) is 5.02 Å². The van der Waals surface area contributed by atoms with Crippen molar-refractivity contribution in [3.63, 3.8) is 0 Å². The number of halogens is 1. The smallest absolute Gasteiger partial charge is 0.279 e. The summed E-state index contributed by atoms with van der Waals surface area (Å²) < 4.78 is 30.4. The molecular weight excluding hydrogens is 466 g/mol. The molecule has 1 amide bonds.